The lowest BCUT2D eigenvalue weighted by molar-refractivity contribution is -0.140. The van der Waals surface area contributed by atoms with Crippen LogP contribution >= 0.6 is 23.2 Å². The van der Waals surface area contributed by atoms with Crippen molar-refractivity contribution in [1.82, 2.24) is 10.2 Å². The van der Waals surface area contributed by atoms with Crippen molar-refractivity contribution in [1.29, 1.82) is 0 Å². The first-order valence-electron chi connectivity index (χ1n) is 15.1. The van der Waals surface area contributed by atoms with Crippen molar-refractivity contribution in [2.75, 3.05) is 17.4 Å². The van der Waals surface area contributed by atoms with Gasteiger partial charge in [-0.05, 0) is 90.6 Å². The average Bonchev–Trinajstić information content (AvgIpc) is 3.03. The van der Waals surface area contributed by atoms with Gasteiger partial charge in [0, 0.05) is 29.6 Å². The first-order valence-corrected chi connectivity index (χ1v) is 17.3. The highest BCUT2D eigenvalue weighted by atomic mass is 35.5. The van der Waals surface area contributed by atoms with E-state index in [4.69, 9.17) is 23.2 Å². The van der Waals surface area contributed by atoms with Crippen molar-refractivity contribution in [3.05, 3.63) is 129 Å². The molecule has 2 amide bonds. The molecule has 46 heavy (non-hydrogen) atoms. The van der Waals surface area contributed by atoms with E-state index in [1.165, 1.54) is 29.2 Å². The second-order valence-corrected chi connectivity index (χ2v) is 14.5. The van der Waals surface area contributed by atoms with Gasteiger partial charge in [-0.15, -0.1) is 0 Å². The van der Waals surface area contributed by atoms with Crippen LogP contribution in [0.1, 0.15) is 36.1 Å². The zero-order chi connectivity index (χ0) is 33.4. The zero-order valence-electron chi connectivity index (χ0n) is 26.4. The molecule has 4 rings (SSSR count). The van der Waals surface area contributed by atoms with Crippen molar-refractivity contribution >= 4 is 50.7 Å². The van der Waals surface area contributed by atoms with E-state index in [1.807, 2.05) is 64.1 Å². The molecule has 4 aromatic carbocycles. The van der Waals surface area contributed by atoms with Crippen molar-refractivity contribution in [2.24, 2.45) is 5.92 Å². The van der Waals surface area contributed by atoms with Crippen LogP contribution in [0.2, 0.25) is 10.0 Å². The van der Waals surface area contributed by atoms with Gasteiger partial charge < -0.3 is 10.2 Å². The fraction of sp³-hybridized carbons (Fsp3) is 0.278. The lowest BCUT2D eigenvalue weighted by Crippen LogP contribution is -2.53. The fourth-order valence-electron chi connectivity index (χ4n) is 4.91. The molecule has 0 saturated carbocycles. The molecule has 0 heterocycles. The Balaban J connectivity index is 1.81. The number of hydrogen-bond acceptors (Lipinski definition) is 4. The Morgan fingerprint density at radius 1 is 0.783 bits per heavy atom. The largest absolute Gasteiger partial charge is 0.354 e. The fourth-order valence-corrected chi connectivity index (χ4v) is 6.56. The van der Waals surface area contributed by atoms with E-state index in [0.717, 1.165) is 26.6 Å². The van der Waals surface area contributed by atoms with Crippen LogP contribution in [0.5, 0.6) is 0 Å². The highest BCUT2D eigenvalue weighted by Crippen LogP contribution is 2.28. The Kier molecular flexibility index (Phi) is 11.9. The first kappa shape index (κ1) is 35.0. The predicted octanol–water partition coefficient (Wildman–Crippen LogP) is 7.22. The van der Waals surface area contributed by atoms with Gasteiger partial charge in [0.2, 0.25) is 11.8 Å². The molecule has 242 valence electrons. The maximum absolute atomic E-state index is 14.5. The van der Waals surface area contributed by atoms with Crippen LogP contribution in [0.15, 0.2) is 102 Å². The second kappa shape index (κ2) is 15.6. The van der Waals surface area contributed by atoms with E-state index < -0.39 is 28.5 Å². The maximum atomic E-state index is 14.5. The van der Waals surface area contributed by atoms with Crippen molar-refractivity contribution < 1.29 is 18.0 Å². The summed E-state index contributed by atoms with van der Waals surface area (Å²) in [4.78, 5) is 29.9. The number of aryl methyl sites for hydroxylation is 2. The standard InChI is InChI=1S/C36H39Cl2N3O4S/c1-25(2)22-39-36(43)34(21-28-8-6-5-7-9-28)40(23-29-11-13-30(37)14-12-29)35(42)24-41(32-17-10-26(3)27(4)20-32)46(44,45)33-18-15-31(38)16-19-33/h5-20,25,34H,21-24H2,1-4H3,(H,39,43)/t34-/m0/s1. The molecule has 7 nitrogen and oxygen atoms in total. The van der Waals surface area contributed by atoms with Gasteiger partial charge in [0.05, 0.1) is 10.6 Å². The molecule has 10 heteroatoms. The predicted molar refractivity (Wildman–Crippen MR) is 186 cm³/mol. The number of sulfonamides is 1. The van der Waals surface area contributed by atoms with Gasteiger partial charge in [-0.3, -0.25) is 13.9 Å². The third kappa shape index (κ3) is 9.12. The number of amides is 2. The molecule has 0 aliphatic rings. The molecule has 0 unspecified atom stereocenters. The van der Waals surface area contributed by atoms with Crippen LogP contribution in [-0.4, -0.2) is 44.3 Å². The van der Waals surface area contributed by atoms with Gasteiger partial charge in [-0.25, -0.2) is 8.42 Å². The van der Waals surface area contributed by atoms with Crippen molar-refractivity contribution in [3.63, 3.8) is 0 Å². The summed E-state index contributed by atoms with van der Waals surface area (Å²) in [6.07, 6.45) is 0.234. The molecule has 0 bridgehead atoms. The van der Waals surface area contributed by atoms with E-state index in [9.17, 15) is 18.0 Å². The second-order valence-electron chi connectivity index (χ2n) is 11.7. The lowest BCUT2D eigenvalue weighted by atomic mass is 10.0. The molecule has 1 atom stereocenters. The van der Waals surface area contributed by atoms with Crippen molar-refractivity contribution in [2.45, 2.75) is 51.6 Å². The SMILES string of the molecule is Cc1ccc(N(CC(=O)N(Cc2ccc(Cl)cc2)[C@@H](Cc2ccccc2)C(=O)NCC(C)C)S(=O)(=O)c2ccc(Cl)cc2)cc1C. The molecule has 0 aliphatic heterocycles. The minimum atomic E-state index is -4.22. The number of nitrogens with zero attached hydrogens (tertiary/aromatic N) is 2. The number of halogens is 2. The monoisotopic (exact) mass is 679 g/mol. The maximum Gasteiger partial charge on any atom is 0.264 e. The Morgan fingerprint density at radius 3 is 1.98 bits per heavy atom. The highest BCUT2D eigenvalue weighted by molar-refractivity contribution is 7.92. The van der Waals surface area contributed by atoms with Gasteiger partial charge in [0.15, 0.2) is 0 Å². The molecule has 0 spiro atoms. The summed E-state index contributed by atoms with van der Waals surface area (Å²) in [6.45, 7) is 7.74. The third-order valence-corrected chi connectivity index (χ3v) is 9.97. The van der Waals surface area contributed by atoms with Crippen LogP contribution in [-0.2, 0) is 32.6 Å². The molecular formula is C36H39Cl2N3O4S. The topological polar surface area (TPSA) is 86.8 Å². The summed E-state index contributed by atoms with van der Waals surface area (Å²) in [6, 6.07) is 26.6. The zero-order valence-corrected chi connectivity index (χ0v) is 28.7. The van der Waals surface area contributed by atoms with E-state index in [2.05, 4.69) is 5.32 Å². The molecular weight excluding hydrogens is 641 g/mol. The van der Waals surface area contributed by atoms with Crippen LogP contribution < -0.4 is 9.62 Å². The van der Waals surface area contributed by atoms with Gasteiger partial charge in [-0.2, -0.15) is 0 Å². The number of benzene rings is 4. The van der Waals surface area contributed by atoms with Crippen LogP contribution in [0.4, 0.5) is 5.69 Å². The number of anilines is 1. The van der Waals surface area contributed by atoms with Gasteiger partial charge >= 0.3 is 0 Å². The first-order chi connectivity index (χ1) is 21.8. The van der Waals surface area contributed by atoms with Crippen LogP contribution in [0, 0.1) is 19.8 Å². The van der Waals surface area contributed by atoms with E-state index in [0.29, 0.717) is 22.3 Å². The highest BCUT2D eigenvalue weighted by Gasteiger charge is 2.34. The average molecular weight is 681 g/mol. The summed E-state index contributed by atoms with van der Waals surface area (Å²) < 4.78 is 29.5. The number of carbonyl (C=O) groups is 2. The van der Waals surface area contributed by atoms with E-state index in [-0.39, 0.29) is 29.7 Å². The Hall–Kier alpha value is -3.85. The van der Waals surface area contributed by atoms with Gasteiger partial charge in [0.25, 0.3) is 10.0 Å². The Labute approximate surface area is 282 Å². The quantitative estimate of drug-likeness (QED) is 0.162. The third-order valence-electron chi connectivity index (χ3n) is 7.68. The smallest absolute Gasteiger partial charge is 0.264 e. The summed E-state index contributed by atoms with van der Waals surface area (Å²) in [7, 11) is -4.22. The Bertz CT molecular complexity index is 1750. The van der Waals surface area contributed by atoms with Gasteiger partial charge in [-0.1, -0.05) is 85.6 Å². The van der Waals surface area contributed by atoms with Crippen molar-refractivity contribution in [3.8, 4) is 0 Å². The van der Waals surface area contributed by atoms with E-state index >= 15 is 0 Å². The lowest BCUT2D eigenvalue weighted by Gasteiger charge is -2.34. The van der Waals surface area contributed by atoms with Crippen LogP contribution in [0.25, 0.3) is 0 Å². The molecule has 4 aromatic rings. The number of rotatable bonds is 13. The summed E-state index contributed by atoms with van der Waals surface area (Å²) in [5.41, 5.74) is 3.79. The van der Waals surface area contributed by atoms with Gasteiger partial charge in [0.1, 0.15) is 12.6 Å². The summed E-state index contributed by atoms with van der Waals surface area (Å²) in [5, 5.41) is 3.92. The number of hydrogen-bond donors (Lipinski definition) is 1. The molecule has 0 saturated heterocycles. The summed E-state index contributed by atoms with van der Waals surface area (Å²) >= 11 is 12.2. The number of carbonyl (C=O) groups excluding carboxylic acids is 2. The minimum absolute atomic E-state index is 0.0114. The molecule has 0 aliphatic carbocycles. The minimum Gasteiger partial charge on any atom is -0.354 e. The van der Waals surface area contributed by atoms with E-state index in [1.54, 1.807) is 36.4 Å². The normalized spacial score (nSPS) is 12.1. The Morgan fingerprint density at radius 2 is 1.39 bits per heavy atom. The molecule has 1 N–H and O–H groups in total. The van der Waals surface area contributed by atoms with Crippen LogP contribution in [0.3, 0.4) is 0 Å². The molecule has 0 fully saturated rings. The number of nitrogens with one attached hydrogen (secondary N) is 1. The molecule has 0 radical (unpaired) electrons. The molecule has 0 aromatic heterocycles. The summed E-state index contributed by atoms with van der Waals surface area (Å²) in [5.74, 6) is -0.670.